The molecule has 32 nitrogen and oxygen atoms in total. The normalized spacial score (nSPS) is 19.7. The Hall–Kier alpha value is -11.6. The minimum absolute atomic E-state index is 0.0326. The predicted octanol–water partition coefficient (Wildman–Crippen LogP) is 5.53. The number of aliphatic imine (C=N–C) groups is 2. The average molecular weight is 1610 g/mol. The van der Waals surface area contributed by atoms with Crippen molar-refractivity contribution in [2.45, 2.75) is 87.1 Å². The second kappa shape index (κ2) is 40.1. The highest BCUT2D eigenvalue weighted by Crippen LogP contribution is 2.43. The minimum atomic E-state index is -1.62. The first-order chi connectivity index (χ1) is 56.1. The number of phenols is 1. The highest BCUT2D eigenvalue weighted by molar-refractivity contribution is 7.80. The SMILES string of the molecule is O=C(CCc1cn(CCOCCOCCOCCNC(=S)Nc2ccc(-c3c4ccc(=O)cc-4oc4cc(O)ccc34)c(C(=O)O)c2)nn1)c1ccc(C(Oc2ccc(C=NCC(=O)c3ccc(O[C@@H]4OC(CO)[C@H](O)C(O)C4O)cc3)cc2)Oc2ccc(C=NCC(=O)c3ccc(O[C@@H]4OC(CO)[C@H](O)[C@H](O)C4O)cc3)cc2)cc1. The van der Waals surface area contributed by atoms with Crippen molar-refractivity contribution < 1.29 is 117 Å². The van der Waals surface area contributed by atoms with Crippen LogP contribution in [-0.2, 0) is 36.6 Å². The van der Waals surface area contributed by atoms with Gasteiger partial charge in [-0.2, -0.15) is 0 Å². The molecule has 33 heteroatoms. The zero-order valence-electron chi connectivity index (χ0n) is 62.0. The number of hydrogen-bond donors (Lipinski definition) is 12. The Bertz CT molecular complexity index is 4940. The number of aliphatic hydroxyl groups is 8. The van der Waals surface area contributed by atoms with Gasteiger partial charge in [-0.15, -0.1) is 5.10 Å². The van der Waals surface area contributed by atoms with Gasteiger partial charge in [0.2, 0.25) is 12.6 Å². The van der Waals surface area contributed by atoms with E-state index in [4.69, 9.17) is 59.3 Å². The Morgan fingerprint density at radius 3 is 1.64 bits per heavy atom. The molecule has 12 N–H and O–H groups in total. The highest BCUT2D eigenvalue weighted by Gasteiger charge is 2.46. The lowest BCUT2D eigenvalue weighted by Crippen LogP contribution is -2.60. The van der Waals surface area contributed by atoms with E-state index in [-0.39, 0.29) is 81.6 Å². The number of phenolic OH excluding ortho intramolecular Hbond substituents is 1. The number of aromatic nitrogens is 3. The third kappa shape index (κ3) is 22.1. The Morgan fingerprint density at radius 1 is 0.569 bits per heavy atom. The van der Waals surface area contributed by atoms with Crippen LogP contribution in [0.5, 0.6) is 28.7 Å². The quantitative estimate of drug-likeness (QED) is 0.00565. The summed E-state index contributed by atoms with van der Waals surface area (Å²) < 4.78 is 59.6. The van der Waals surface area contributed by atoms with Crippen molar-refractivity contribution in [2.75, 3.05) is 77.8 Å². The molecule has 4 heterocycles. The van der Waals surface area contributed by atoms with Crippen LogP contribution in [0.2, 0.25) is 0 Å². The molecule has 8 aromatic rings. The highest BCUT2D eigenvalue weighted by atomic mass is 32.1. The maximum absolute atomic E-state index is 13.6. The molecule has 6 unspecified atom stereocenters. The van der Waals surface area contributed by atoms with Crippen LogP contribution in [0.25, 0.3) is 33.4 Å². The summed E-state index contributed by atoms with van der Waals surface area (Å²) in [6.07, 6.45) is -10.4. The van der Waals surface area contributed by atoms with Gasteiger partial charge in [0.1, 0.15) is 102 Å². The van der Waals surface area contributed by atoms with Gasteiger partial charge >= 0.3 is 5.97 Å². The van der Waals surface area contributed by atoms with E-state index >= 15 is 0 Å². The summed E-state index contributed by atoms with van der Waals surface area (Å²) in [5, 5.41) is 116. The molecular formula is C83H83N7O25S. The van der Waals surface area contributed by atoms with Gasteiger partial charge in [-0.3, -0.25) is 29.2 Å². The number of carbonyl (C=O) groups is 4. The van der Waals surface area contributed by atoms with Crippen LogP contribution < -0.4 is 35.0 Å². The third-order valence-electron chi connectivity index (χ3n) is 18.6. The number of thiocarbonyl (C=S) groups is 1. The lowest BCUT2D eigenvalue weighted by molar-refractivity contribution is -0.277. The smallest absolute Gasteiger partial charge is 0.336 e. The number of rotatable bonds is 38. The lowest BCUT2D eigenvalue weighted by Gasteiger charge is -2.39. The van der Waals surface area contributed by atoms with E-state index in [0.717, 1.165) is 0 Å². The van der Waals surface area contributed by atoms with E-state index in [2.05, 4.69) is 30.9 Å². The number of aromatic carboxylic acids is 1. The van der Waals surface area contributed by atoms with E-state index in [1.165, 1.54) is 91.3 Å². The number of nitrogens with zero attached hydrogens (tertiary/aromatic N) is 5. The van der Waals surface area contributed by atoms with Crippen LogP contribution in [-0.4, -0.2) is 241 Å². The van der Waals surface area contributed by atoms with Crippen LogP contribution in [0.15, 0.2) is 201 Å². The fourth-order valence-corrected chi connectivity index (χ4v) is 12.6. The second-order valence-corrected chi connectivity index (χ2v) is 27.2. The first kappa shape index (κ1) is 83.8. The molecule has 0 spiro atoms. The van der Waals surface area contributed by atoms with Crippen LogP contribution >= 0.6 is 12.2 Å². The van der Waals surface area contributed by atoms with E-state index in [1.54, 1.807) is 108 Å². The number of benzene rings is 8. The van der Waals surface area contributed by atoms with E-state index in [1.807, 2.05) is 0 Å². The van der Waals surface area contributed by atoms with Crippen molar-refractivity contribution in [3.8, 4) is 51.2 Å². The zero-order chi connectivity index (χ0) is 81.8. The standard InChI is InChI=1S/C83H83N7O25S/c91-45-70-73(98)75(100)77(102)81(114-70)111-59-21-9-50(10-22-59)66(96)42-84-40-47-1-17-57(18-2-47)109-80(110-58-19-3-48(4-20-58)41-85-43-67(97)51-11-23-60(24-12-51)112-82-78(103)76(101)74(99)71(46-92)115-82)52-7-5-49(6-8-52)65(95)28-14-54-44-90(89-88-54)30-32-107-34-36-108-35-33-106-31-29-86-83(116)87-53-13-25-61(64(37-53)79(104)105)72-62-26-15-55(93)38-68(62)113-69-39-56(94)16-27-63(69)72/h1-13,15-27,37-41,44,70-71,73-78,80-82,91-93,98-103H,14,28-36,42-43,45-46H2,(H,104,105)(H2,86,87,116)/t70?,71?,73-,74-,75-,76?,77?,78?,80?,81+,82+/m0/s1. The third-order valence-corrected chi connectivity index (χ3v) is 18.9. The molecule has 7 aromatic carbocycles. The fourth-order valence-electron chi connectivity index (χ4n) is 12.4. The Kier molecular flexibility index (Phi) is 29.0. The van der Waals surface area contributed by atoms with Crippen LogP contribution in [0, 0.1) is 0 Å². The molecule has 0 amide bonds. The molecule has 3 aliphatic heterocycles. The van der Waals surface area contributed by atoms with Gasteiger partial charge in [0.15, 0.2) is 27.9 Å². The van der Waals surface area contributed by atoms with Crippen LogP contribution in [0.3, 0.4) is 0 Å². The number of anilines is 1. The number of aromatic hydroxyl groups is 1. The first-order valence-electron chi connectivity index (χ1n) is 36.8. The fraction of sp³-hybridized carbons (Fsp3) is 0.301. The largest absolute Gasteiger partial charge is 0.508 e. The molecule has 1 aliphatic carbocycles. The average Bonchev–Trinajstić information content (AvgIpc) is 0.827. The lowest BCUT2D eigenvalue weighted by atomic mass is 9.90. The molecule has 2 fully saturated rings. The second-order valence-electron chi connectivity index (χ2n) is 26.8. The van der Waals surface area contributed by atoms with E-state index in [0.29, 0.717) is 137 Å². The topological polar surface area (TPSA) is 463 Å². The van der Waals surface area contributed by atoms with Crippen molar-refractivity contribution in [3.05, 3.63) is 237 Å². The Balaban J connectivity index is 0.578. The molecule has 116 heavy (non-hydrogen) atoms. The number of Topliss-reactive ketones (excluding diaryl/α,β-unsaturated/α-hetero) is 3. The number of ketones is 3. The number of fused-ring (bicyclic) bond motifs is 2. The van der Waals surface area contributed by atoms with Crippen molar-refractivity contribution in [1.29, 1.82) is 0 Å². The number of aliphatic hydroxyl groups excluding tert-OH is 8. The monoisotopic (exact) mass is 1610 g/mol. The maximum atomic E-state index is 13.6. The van der Waals surface area contributed by atoms with Gasteiger partial charge < -0.3 is 109 Å². The van der Waals surface area contributed by atoms with Gasteiger partial charge in [0, 0.05) is 94.6 Å². The van der Waals surface area contributed by atoms with Crippen LogP contribution in [0.4, 0.5) is 5.69 Å². The molecule has 11 atom stereocenters. The number of carboxylic acid groups (broad SMARTS) is 1. The summed E-state index contributed by atoms with van der Waals surface area (Å²) in [5.41, 5.74) is 5.30. The number of hydrogen-bond acceptors (Lipinski definition) is 29. The Labute approximate surface area is 667 Å². The maximum Gasteiger partial charge on any atom is 0.336 e. The van der Waals surface area contributed by atoms with E-state index in [9.17, 15) is 75.0 Å². The molecule has 1 aromatic heterocycles. The molecule has 606 valence electrons. The number of carbonyl (C=O) groups excluding carboxylic acids is 3. The van der Waals surface area contributed by atoms with Crippen molar-refractivity contribution in [1.82, 2.24) is 20.3 Å². The van der Waals surface area contributed by atoms with Gasteiger partial charge in [-0.25, -0.2) is 9.48 Å². The van der Waals surface area contributed by atoms with E-state index < -0.39 is 86.9 Å². The van der Waals surface area contributed by atoms with Gasteiger partial charge in [-0.05, 0) is 162 Å². The summed E-state index contributed by atoms with van der Waals surface area (Å²) in [5.74, 6) is -0.601. The summed E-state index contributed by atoms with van der Waals surface area (Å²) in [6, 6.07) is 46.0. The number of aryl methyl sites for hydroxylation is 1. The zero-order valence-corrected chi connectivity index (χ0v) is 62.8. The Morgan fingerprint density at radius 2 is 1.09 bits per heavy atom. The van der Waals surface area contributed by atoms with Crippen molar-refractivity contribution in [2.24, 2.45) is 9.98 Å². The molecule has 2 saturated heterocycles. The van der Waals surface area contributed by atoms with Gasteiger partial charge in [0.25, 0.3) is 6.29 Å². The first-order valence-corrected chi connectivity index (χ1v) is 37.2. The molecule has 0 radical (unpaired) electrons. The molecule has 0 saturated carbocycles. The molecule has 4 aliphatic rings. The summed E-state index contributed by atoms with van der Waals surface area (Å²) in [6.45, 7) is 0.989. The predicted molar refractivity (Wildman–Crippen MR) is 421 cm³/mol. The number of nitrogens with one attached hydrogen (secondary N) is 2. The van der Waals surface area contributed by atoms with Gasteiger partial charge in [-0.1, -0.05) is 35.5 Å². The molecule has 0 bridgehead atoms. The summed E-state index contributed by atoms with van der Waals surface area (Å²) in [4.78, 5) is 73.4. The number of carboxylic acids is 1. The van der Waals surface area contributed by atoms with Crippen molar-refractivity contribution in [3.63, 3.8) is 0 Å². The summed E-state index contributed by atoms with van der Waals surface area (Å²) >= 11 is 5.47. The molecule has 12 rings (SSSR count). The van der Waals surface area contributed by atoms with Gasteiger partial charge in [0.05, 0.1) is 70.7 Å². The van der Waals surface area contributed by atoms with Crippen molar-refractivity contribution >= 4 is 69.7 Å². The summed E-state index contributed by atoms with van der Waals surface area (Å²) in [7, 11) is 0. The minimum Gasteiger partial charge on any atom is -0.508 e. The van der Waals surface area contributed by atoms with Crippen LogP contribution in [0.1, 0.15) is 76.5 Å². The number of ether oxygens (including phenoxy) is 9. The molecular weight excluding hydrogens is 1530 g/mol.